The van der Waals surface area contributed by atoms with E-state index in [4.69, 9.17) is 0 Å². The third kappa shape index (κ3) is 4.76. The van der Waals surface area contributed by atoms with Crippen molar-refractivity contribution < 1.29 is 9.59 Å². The molecule has 2 amide bonds. The minimum atomic E-state index is -0.522. The lowest BCUT2D eigenvalue weighted by Crippen LogP contribution is -2.52. The van der Waals surface area contributed by atoms with E-state index in [-0.39, 0.29) is 23.3 Å². The number of amides is 2. The highest BCUT2D eigenvalue weighted by Crippen LogP contribution is 2.26. The van der Waals surface area contributed by atoms with Gasteiger partial charge in [-0.05, 0) is 25.1 Å². The van der Waals surface area contributed by atoms with Crippen LogP contribution in [0.2, 0.25) is 0 Å². The van der Waals surface area contributed by atoms with Crippen molar-refractivity contribution in [3.8, 4) is 0 Å². The standard InChI is InChI=1S/C21H30N6O2/c1-13-10-18(28)24-20(22-13)27-17(12-16(25-27)21(2,3)4)23-19(29)14-8-7-9-15(11-14)26(5)6/h7-9,11-13,20,22H,10H2,1-6H3,(H,23,29)(H,24,28). The average Bonchev–Trinajstić information content (AvgIpc) is 3.05. The van der Waals surface area contributed by atoms with Crippen molar-refractivity contribution in [2.75, 3.05) is 24.3 Å². The maximum absolute atomic E-state index is 12.9. The van der Waals surface area contributed by atoms with Gasteiger partial charge >= 0.3 is 0 Å². The normalized spacial score (nSPS) is 19.6. The van der Waals surface area contributed by atoms with Crippen molar-refractivity contribution in [2.45, 2.75) is 51.9 Å². The monoisotopic (exact) mass is 398 g/mol. The van der Waals surface area contributed by atoms with Crippen LogP contribution in [0.4, 0.5) is 11.5 Å². The molecule has 2 atom stereocenters. The number of hydrogen-bond donors (Lipinski definition) is 3. The lowest BCUT2D eigenvalue weighted by molar-refractivity contribution is -0.125. The second-order valence-electron chi connectivity index (χ2n) is 8.75. The van der Waals surface area contributed by atoms with Gasteiger partial charge in [0.05, 0.1) is 5.69 Å². The Morgan fingerprint density at radius 1 is 1.28 bits per heavy atom. The van der Waals surface area contributed by atoms with Crippen molar-refractivity contribution in [3.05, 3.63) is 41.6 Å². The molecule has 1 saturated heterocycles. The summed E-state index contributed by atoms with van der Waals surface area (Å²) < 4.78 is 1.64. The number of carbonyl (C=O) groups excluding carboxylic acids is 2. The van der Waals surface area contributed by atoms with Crippen LogP contribution in [0.25, 0.3) is 0 Å². The largest absolute Gasteiger partial charge is 0.378 e. The molecule has 2 heterocycles. The SMILES string of the molecule is CC1CC(=O)NC(n2nc(C(C)(C)C)cc2NC(=O)c2cccc(N(C)C)c2)N1. The van der Waals surface area contributed by atoms with Gasteiger partial charge < -0.3 is 15.5 Å². The summed E-state index contributed by atoms with van der Waals surface area (Å²) in [6.07, 6.45) is -0.117. The van der Waals surface area contributed by atoms with E-state index in [1.54, 1.807) is 10.7 Å². The van der Waals surface area contributed by atoms with E-state index in [2.05, 4.69) is 41.8 Å². The van der Waals surface area contributed by atoms with E-state index in [0.717, 1.165) is 11.4 Å². The first-order valence-electron chi connectivity index (χ1n) is 9.79. The van der Waals surface area contributed by atoms with E-state index in [1.807, 2.05) is 50.2 Å². The van der Waals surface area contributed by atoms with Crippen LogP contribution >= 0.6 is 0 Å². The molecule has 1 aromatic carbocycles. The summed E-state index contributed by atoms with van der Waals surface area (Å²) >= 11 is 0. The molecule has 2 aromatic rings. The Morgan fingerprint density at radius 3 is 2.62 bits per heavy atom. The molecule has 3 rings (SSSR count). The van der Waals surface area contributed by atoms with Crippen molar-refractivity contribution in [3.63, 3.8) is 0 Å². The van der Waals surface area contributed by atoms with Gasteiger partial charge in [-0.1, -0.05) is 26.8 Å². The highest BCUT2D eigenvalue weighted by molar-refractivity contribution is 6.04. The van der Waals surface area contributed by atoms with Crippen molar-refractivity contribution in [2.24, 2.45) is 0 Å². The van der Waals surface area contributed by atoms with Crippen molar-refractivity contribution in [1.29, 1.82) is 0 Å². The second kappa shape index (κ2) is 7.87. The molecule has 2 unspecified atom stereocenters. The summed E-state index contributed by atoms with van der Waals surface area (Å²) in [5.41, 5.74) is 2.11. The number of nitrogens with one attached hydrogen (secondary N) is 3. The molecule has 0 aliphatic carbocycles. The van der Waals surface area contributed by atoms with Gasteiger partial charge in [0.2, 0.25) is 5.91 Å². The van der Waals surface area contributed by atoms with E-state index in [1.165, 1.54) is 0 Å². The van der Waals surface area contributed by atoms with E-state index >= 15 is 0 Å². The number of benzene rings is 1. The van der Waals surface area contributed by atoms with E-state index < -0.39 is 6.29 Å². The maximum atomic E-state index is 12.9. The number of nitrogens with zero attached hydrogens (tertiary/aromatic N) is 3. The van der Waals surface area contributed by atoms with Crippen LogP contribution in [0.3, 0.4) is 0 Å². The van der Waals surface area contributed by atoms with Crippen LogP contribution in [0.1, 0.15) is 56.5 Å². The van der Waals surface area contributed by atoms with Gasteiger partial charge in [0, 0.05) is 49.3 Å². The van der Waals surface area contributed by atoms with Crippen LogP contribution in [-0.2, 0) is 10.2 Å². The van der Waals surface area contributed by atoms with Crippen LogP contribution < -0.4 is 20.9 Å². The number of carbonyl (C=O) groups is 2. The highest BCUT2D eigenvalue weighted by Gasteiger charge is 2.29. The van der Waals surface area contributed by atoms with Gasteiger partial charge in [0.1, 0.15) is 5.82 Å². The van der Waals surface area contributed by atoms with Crippen molar-refractivity contribution >= 4 is 23.3 Å². The maximum Gasteiger partial charge on any atom is 0.256 e. The molecular weight excluding hydrogens is 368 g/mol. The quantitative estimate of drug-likeness (QED) is 0.736. The van der Waals surface area contributed by atoms with Gasteiger partial charge in [0.25, 0.3) is 5.91 Å². The Balaban J connectivity index is 1.93. The summed E-state index contributed by atoms with van der Waals surface area (Å²) in [6, 6.07) is 9.28. The summed E-state index contributed by atoms with van der Waals surface area (Å²) in [7, 11) is 3.86. The van der Waals surface area contributed by atoms with Gasteiger partial charge in [-0.15, -0.1) is 0 Å². The van der Waals surface area contributed by atoms with Gasteiger partial charge in [-0.25, -0.2) is 4.68 Å². The Morgan fingerprint density at radius 2 is 2.00 bits per heavy atom. The molecule has 3 N–H and O–H groups in total. The minimum Gasteiger partial charge on any atom is -0.378 e. The molecule has 0 radical (unpaired) electrons. The zero-order valence-corrected chi connectivity index (χ0v) is 17.9. The van der Waals surface area contributed by atoms with Gasteiger partial charge in [-0.3, -0.25) is 14.9 Å². The number of aromatic nitrogens is 2. The Labute approximate surface area is 171 Å². The zero-order valence-electron chi connectivity index (χ0n) is 17.9. The minimum absolute atomic E-state index is 0.0105. The molecule has 0 saturated carbocycles. The Kier molecular flexibility index (Phi) is 5.66. The van der Waals surface area contributed by atoms with Gasteiger partial charge in [0.15, 0.2) is 6.29 Å². The summed E-state index contributed by atoms with van der Waals surface area (Å²) in [5, 5.41) is 13.9. The van der Waals surface area contributed by atoms with Crippen LogP contribution in [0.15, 0.2) is 30.3 Å². The number of rotatable bonds is 4. The Hall–Kier alpha value is -2.87. The third-order valence-electron chi connectivity index (χ3n) is 4.85. The van der Waals surface area contributed by atoms with Gasteiger partial charge in [-0.2, -0.15) is 5.10 Å². The molecule has 8 nitrogen and oxygen atoms in total. The molecule has 0 spiro atoms. The molecular formula is C21H30N6O2. The highest BCUT2D eigenvalue weighted by atomic mass is 16.2. The third-order valence-corrected chi connectivity index (χ3v) is 4.85. The lowest BCUT2D eigenvalue weighted by atomic mass is 9.92. The first-order valence-corrected chi connectivity index (χ1v) is 9.79. The molecule has 0 bridgehead atoms. The zero-order chi connectivity index (χ0) is 21.3. The molecule has 1 aliphatic heterocycles. The summed E-state index contributed by atoms with van der Waals surface area (Å²) in [6.45, 7) is 8.12. The van der Waals surface area contributed by atoms with Crippen LogP contribution in [0, 0.1) is 0 Å². The summed E-state index contributed by atoms with van der Waals surface area (Å²) in [4.78, 5) is 26.9. The molecule has 29 heavy (non-hydrogen) atoms. The number of anilines is 2. The fourth-order valence-corrected chi connectivity index (χ4v) is 3.16. The second-order valence-corrected chi connectivity index (χ2v) is 8.75. The molecule has 8 heteroatoms. The number of hydrogen-bond acceptors (Lipinski definition) is 5. The molecule has 156 valence electrons. The first kappa shape index (κ1) is 20.9. The van der Waals surface area contributed by atoms with Crippen molar-refractivity contribution in [1.82, 2.24) is 20.4 Å². The average molecular weight is 399 g/mol. The predicted octanol–water partition coefficient (Wildman–Crippen LogP) is 2.45. The Bertz CT molecular complexity index is 912. The fourth-order valence-electron chi connectivity index (χ4n) is 3.16. The first-order chi connectivity index (χ1) is 13.5. The summed E-state index contributed by atoms with van der Waals surface area (Å²) in [5.74, 6) is 0.248. The molecule has 1 aromatic heterocycles. The van der Waals surface area contributed by atoms with E-state index in [0.29, 0.717) is 17.8 Å². The van der Waals surface area contributed by atoms with E-state index in [9.17, 15) is 9.59 Å². The lowest BCUT2D eigenvalue weighted by Gasteiger charge is -2.30. The topological polar surface area (TPSA) is 91.3 Å². The predicted molar refractivity (Wildman–Crippen MR) is 114 cm³/mol. The smallest absolute Gasteiger partial charge is 0.256 e. The molecule has 1 fully saturated rings. The molecule has 1 aliphatic rings. The fraction of sp³-hybridized carbons (Fsp3) is 0.476. The van der Waals surface area contributed by atoms with Crippen LogP contribution in [-0.4, -0.2) is 41.7 Å². The van der Waals surface area contributed by atoms with Crippen LogP contribution in [0.5, 0.6) is 0 Å².